The van der Waals surface area contributed by atoms with Crippen molar-refractivity contribution >= 4 is 11.8 Å². The number of carbonyl (C=O) groups excluding carboxylic acids is 2. The molecule has 5 nitrogen and oxygen atoms in total. The summed E-state index contributed by atoms with van der Waals surface area (Å²) >= 11 is 0. The molecule has 0 aromatic rings. The maximum Gasteiger partial charge on any atom is 0.241 e. The van der Waals surface area contributed by atoms with Gasteiger partial charge >= 0.3 is 0 Å². The quantitative estimate of drug-likeness (QED) is 0.784. The highest BCUT2D eigenvalue weighted by atomic mass is 16.2. The van der Waals surface area contributed by atoms with Crippen LogP contribution in [0.2, 0.25) is 0 Å². The van der Waals surface area contributed by atoms with Crippen molar-refractivity contribution in [3.8, 4) is 0 Å². The topological polar surface area (TPSA) is 75.4 Å². The summed E-state index contributed by atoms with van der Waals surface area (Å²) in [5, 5.41) is 2.63. The monoisotopic (exact) mass is 269 g/mol. The van der Waals surface area contributed by atoms with Crippen LogP contribution in [0.3, 0.4) is 0 Å². The molecule has 0 saturated carbocycles. The van der Waals surface area contributed by atoms with Crippen LogP contribution in [0.15, 0.2) is 0 Å². The molecule has 0 aliphatic carbocycles. The molecule has 0 bridgehead atoms. The lowest BCUT2D eigenvalue weighted by molar-refractivity contribution is -0.135. The van der Waals surface area contributed by atoms with Gasteiger partial charge in [0.05, 0.1) is 12.6 Å². The van der Waals surface area contributed by atoms with Crippen molar-refractivity contribution in [3.63, 3.8) is 0 Å². The summed E-state index contributed by atoms with van der Waals surface area (Å²) < 4.78 is 0. The van der Waals surface area contributed by atoms with E-state index in [-0.39, 0.29) is 24.3 Å². The van der Waals surface area contributed by atoms with Gasteiger partial charge in [0, 0.05) is 13.1 Å². The lowest BCUT2D eigenvalue weighted by Crippen LogP contribution is -2.50. The first kappa shape index (κ1) is 16.0. The minimum atomic E-state index is -0.548. The summed E-state index contributed by atoms with van der Waals surface area (Å²) in [6, 6.07) is -0.548. The van der Waals surface area contributed by atoms with Gasteiger partial charge in [-0.25, -0.2) is 0 Å². The van der Waals surface area contributed by atoms with E-state index < -0.39 is 6.04 Å². The average molecular weight is 269 g/mol. The smallest absolute Gasteiger partial charge is 0.241 e. The molecule has 0 aromatic carbocycles. The predicted octanol–water partition coefficient (Wildman–Crippen LogP) is 0.590. The summed E-state index contributed by atoms with van der Waals surface area (Å²) in [7, 11) is 0. The Morgan fingerprint density at radius 2 is 1.95 bits per heavy atom. The van der Waals surface area contributed by atoms with Gasteiger partial charge in [0.2, 0.25) is 11.8 Å². The molecule has 3 atom stereocenters. The van der Waals surface area contributed by atoms with Gasteiger partial charge in [-0.05, 0) is 24.2 Å². The van der Waals surface area contributed by atoms with Gasteiger partial charge < -0.3 is 16.0 Å². The van der Waals surface area contributed by atoms with E-state index in [4.69, 9.17) is 5.73 Å². The number of likely N-dealkylation sites (tertiary alicyclic amines) is 1. The number of nitrogens with zero attached hydrogens (tertiary/aromatic N) is 1. The highest BCUT2D eigenvalue weighted by molar-refractivity contribution is 5.87. The summed E-state index contributed by atoms with van der Waals surface area (Å²) in [5.74, 6) is 0.995. The number of hydrogen-bond donors (Lipinski definition) is 2. The Morgan fingerprint density at radius 3 is 2.47 bits per heavy atom. The normalized spacial score (nSPS) is 25.3. The standard InChI is InChI=1S/C14H27N3O2/c1-9(2)13(15)14(19)16-7-12(18)17-6-5-10(3)11(4)8-17/h9-11,13H,5-8,15H2,1-4H3,(H,16,19)/t10?,11?,13-/m0/s1. The molecular formula is C14H27N3O2. The van der Waals surface area contributed by atoms with Crippen molar-refractivity contribution < 1.29 is 9.59 Å². The summed E-state index contributed by atoms with van der Waals surface area (Å²) in [4.78, 5) is 25.5. The van der Waals surface area contributed by atoms with E-state index in [2.05, 4.69) is 19.2 Å². The van der Waals surface area contributed by atoms with Gasteiger partial charge in [-0.1, -0.05) is 27.7 Å². The lowest BCUT2D eigenvalue weighted by atomic mass is 9.89. The summed E-state index contributed by atoms with van der Waals surface area (Å²) in [6.07, 6.45) is 1.03. The first-order chi connectivity index (χ1) is 8.82. The van der Waals surface area contributed by atoms with E-state index in [9.17, 15) is 9.59 Å². The zero-order valence-corrected chi connectivity index (χ0v) is 12.5. The average Bonchev–Trinajstić information content (AvgIpc) is 2.37. The maximum atomic E-state index is 12.0. The van der Waals surface area contributed by atoms with Crippen molar-refractivity contribution in [1.29, 1.82) is 0 Å². The Balaban J connectivity index is 2.37. The Morgan fingerprint density at radius 1 is 1.32 bits per heavy atom. The summed E-state index contributed by atoms with van der Waals surface area (Å²) in [6.45, 7) is 9.79. The fraction of sp³-hybridized carbons (Fsp3) is 0.857. The molecule has 1 rings (SSSR count). The Labute approximate surface area is 115 Å². The van der Waals surface area contributed by atoms with Crippen molar-refractivity contribution in [3.05, 3.63) is 0 Å². The van der Waals surface area contributed by atoms with Gasteiger partial charge in [-0.2, -0.15) is 0 Å². The number of amides is 2. The molecular weight excluding hydrogens is 242 g/mol. The largest absolute Gasteiger partial charge is 0.346 e. The van der Waals surface area contributed by atoms with E-state index in [1.165, 1.54) is 0 Å². The Kier molecular flexibility index (Phi) is 5.79. The molecule has 1 aliphatic rings. The van der Waals surface area contributed by atoms with Gasteiger partial charge in [0.1, 0.15) is 0 Å². The third-order valence-electron chi connectivity index (χ3n) is 4.12. The molecule has 19 heavy (non-hydrogen) atoms. The first-order valence-electron chi connectivity index (χ1n) is 7.14. The Bertz CT molecular complexity index is 331. The van der Waals surface area contributed by atoms with E-state index in [0.717, 1.165) is 19.5 Å². The van der Waals surface area contributed by atoms with Crippen molar-refractivity contribution in [2.24, 2.45) is 23.5 Å². The molecule has 2 unspecified atom stereocenters. The SMILES string of the molecule is CC1CCN(C(=O)CNC(=O)[C@@H](N)C(C)C)CC1C. The molecule has 1 aliphatic heterocycles. The van der Waals surface area contributed by atoms with Crippen LogP contribution in [0.4, 0.5) is 0 Å². The van der Waals surface area contributed by atoms with Crippen LogP contribution >= 0.6 is 0 Å². The van der Waals surface area contributed by atoms with Gasteiger partial charge in [-0.3, -0.25) is 9.59 Å². The van der Waals surface area contributed by atoms with Crippen LogP contribution in [-0.2, 0) is 9.59 Å². The van der Waals surface area contributed by atoms with Crippen LogP contribution in [-0.4, -0.2) is 42.4 Å². The van der Waals surface area contributed by atoms with Crippen molar-refractivity contribution in [2.45, 2.75) is 40.2 Å². The predicted molar refractivity (Wildman–Crippen MR) is 75.3 cm³/mol. The molecule has 1 saturated heterocycles. The van der Waals surface area contributed by atoms with E-state index >= 15 is 0 Å². The van der Waals surface area contributed by atoms with Crippen LogP contribution in [0.25, 0.3) is 0 Å². The van der Waals surface area contributed by atoms with E-state index in [1.54, 1.807) is 0 Å². The number of nitrogens with two attached hydrogens (primary N) is 1. The second-order valence-electron chi connectivity index (χ2n) is 6.07. The second kappa shape index (κ2) is 6.89. The van der Waals surface area contributed by atoms with E-state index in [1.807, 2.05) is 18.7 Å². The number of hydrogen-bond acceptors (Lipinski definition) is 3. The molecule has 2 amide bonds. The number of carbonyl (C=O) groups is 2. The molecule has 5 heteroatoms. The molecule has 1 fully saturated rings. The maximum absolute atomic E-state index is 12.0. The van der Waals surface area contributed by atoms with Gasteiger partial charge in [-0.15, -0.1) is 0 Å². The number of rotatable bonds is 4. The molecule has 1 heterocycles. The number of piperidine rings is 1. The zero-order valence-electron chi connectivity index (χ0n) is 12.5. The third-order valence-corrected chi connectivity index (χ3v) is 4.12. The van der Waals surface area contributed by atoms with Crippen molar-refractivity contribution in [2.75, 3.05) is 19.6 Å². The first-order valence-corrected chi connectivity index (χ1v) is 7.14. The van der Waals surface area contributed by atoms with E-state index in [0.29, 0.717) is 11.8 Å². The number of nitrogens with one attached hydrogen (secondary N) is 1. The molecule has 0 spiro atoms. The minimum absolute atomic E-state index is 0.0111. The second-order valence-corrected chi connectivity index (χ2v) is 6.07. The van der Waals surface area contributed by atoms with Crippen molar-refractivity contribution in [1.82, 2.24) is 10.2 Å². The lowest BCUT2D eigenvalue weighted by Gasteiger charge is -2.35. The highest BCUT2D eigenvalue weighted by Gasteiger charge is 2.26. The van der Waals surface area contributed by atoms with Crippen LogP contribution in [0.1, 0.15) is 34.1 Å². The molecule has 0 radical (unpaired) electrons. The van der Waals surface area contributed by atoms with Gasteiger partial charge in [0.25, 0.3) is 0 Å². The molecule has 0 aromatic heterocycles. The minimum Gasteiger partial charge on any atom is -0.346 e. The molecule has 3 N–H and O–H groups in total. The van der Waals surface area contributed by atoms with Crippen LogP contribution in [0.5, 0.6) is 0 Å². The highest BCUT2D eigenvalue weighted by Crippen LogP contribution is 2.22. The van der Waals surface area contributed by atoms with Crippen LogP contribution < -0.4 is 11.1 Å². The zero-order chi connectivity index (χ0) is 14.6. The van der Waals surface area contributed by atoms with Gasteiger partial charge in [0.15, 0.2) is 0 Å². The third kappa shape index (κ3) is 4.49. The Hall–Kier alpha value is -1.10. The fourth-order valence-corrected chi connectivity index (χ4v) is 2.18. The molecule has 110 valence electrons. The fourth-order valence-electron chi connectivity index (χ4n) is 2.18. The van der Waals surface area contributed by atoms with Crippen LogP contribution in [0, 0.1) is 17.8 Å². The summed E-state index contributed by atoms with van der Waals surface area (Å²) in [5.41, 5.74) is 5.73.